The van der Waals surface area contributed by atoms with E-state index in [1.165, 1.54) is 35.1 Å². The van der Waals surface area contributed by atoms with Crippen molar-refractivity contribution in [3.8, 4) is 11.1 Å². The van der Waals surface area contributed by atoms with Gasteiger partial charge in [0.1, 0.15) is 0 Å². The van der Waals surface area contributed by atoms with Crippen molar-refractivity contribution in [3.63, 3.8) is 0 Å². The van der Waals surface area contributed by atoms with E-state index in [4.69, 9.17) is 0 Å². The minimum absolute atomic E-state index is 0.623. The number of rotatable bonds is 0. The van der Waals surface area contributed by atoms with E-state index in [-0.39, 0.29) is 0 Å². The molecule has 0 fully saturated rings. The van der Waals surface area contributed by atoms with Gasteiger partial charge in [0.05, 0.1) is 0 Å². The number of allylic oxidation sites excluding steroid dienone is 2. The van der Waals surface area contributed by atoms with Crippen LogP contribution in [0.5, 0.6) is 0 Å². The number of fused-ring (bicyclic) bond motifs is 3. The Morgan fingerprint density at radius 3 is 2.72 bits per heavy atom. The van der Waals surface area contributed by atoms with Crippen molar-refractivity contribution in [1.29, 1.82) is 0 Å². The molecular formula is C18H16. The second kappa shape index (κ2) is 3.84. The Balaban J connectivity index is 2.03. The van der Waals surface area contributed by atoms with E-state index in [0.717, 1.165) is 6.42 Å². The van der Waals surface area contributed by atoms with E-state index < -0.39 is 0 Å². The summed E-state index contributed by atoms with van der Waals surface area (Å²) in [5.41, 5.74) is 7.59. The molecule has 0 spiro atoms. The van der Waals surface area contributed by atoms with Gasteiger partial charge in [-0.05, 0) is 47.1 Å². The van der Waals surface area contributed by atoms with Gasteiger partial charge in [-0.2, -0.15) is 0 Å². The Kier molecular flexibility index (Phi) is 2.16. The molecule has 0 nitrogen and oxygen atoms in total. The highest BCUT2D eigenvalue weighted by Crippen LogP contribution is 2.48. The van der Waals surface area contributed by atoms with Crippen LogP contribution in [-0.2, 0) is 6.42 Å². The summed E-state index contributed by atoms with van der Waals surface area (Å²) in [6, 6.07) is 15.7. The molecule has 2 aliphatic carbocycles. The topological polar surface area (TPSA) is 0 Å². The van der Waals surface area contributed by atoms with Crippen LogP contribution in [0.4, 0.5) is 0 Å². The van der Waals surface area contributed by atoms with Crippen molar-refractivity contribution in [2.75, 3.05) is 0 Å². The largest absolute Gasteiger partial charge is 0.0882 e. The number of hydrogen-bond donors (Lipinski definition) is 0. The SMILES string of the molecule is C1=CCc2cccc3c2C(CC1)c1ccccc1-3. The van der Waals surface area contributed by atoms with Crippen LogP contribution in [0.2, 0.25) is 0 Å². The fraction of sp³-hybridized carbons (Fsp3) is 0.222. The Hall–Kier alpha value is -1.82. The summed E-state index contributed by atoms with van der Waals surface area (Å²) < 4.78 is 0. The molecule has 0 amide bonds. The molecule has 0 heterocycles. The molecule has 0 heteroatoms. The van der Waals surface area contributed by atoms with Gasteiger partial charge in [-0.3, -0.25) is 0 Å². The third-order valence-electron chi connectivity index (χ3n) is 4.30. The van der Waals surface area contributed by atoms with Gasteiger partial charge in [0.25, 0.3) is 0 Å². The number of hydrogen-bond acceptors (Lipinski definition) is 0. The third-order valence-corrected chi connectivity index (χ3v) is 4.30. The Morgan fingerprint density at radius 1 is 0.833 bits per heavy atom. The molecule has 0 bridgehead atoms. The summed E-state index contributed by atoms with van der Waals surface area (Å²) in [4.78, 5) is 0. The zero-order valence-electron chi connectivity index (χ0n) is 10.4. The van der Waals surface area contributed by atoms with Crippen LogP contribution in [0.1, 0.15) is 35.4 Å². The fourth-order valence-corrected chi connectivity index (χ4v) is 3.53. The minimum Gasteiger partial charge on any atom is -0.0882 e. The normalized spacial score (nSPS) is 19.9. The van der Waals surface area contributed by atoms with Gasteiger partial charge < -0.3 is 0 Å². The number of benzene rings is 2. The predicted molar refractivity (Wildman–Crippen MR) is 75.8 cm³/mol. The van der Waals surface area contributed by atoms with Crippen LogP contribution in [0.3, 0.4) is 0 Å². The molecule has 4 rings (SSSR count). The summed E-state index contributed by atoms with van der Waals surface area (Å²) in [6.07, 6.45) is 8.21. The Bertz CT molecular complexity index is 634. The summed E-state index contributed by atoms with van der Waals surface area (Å²) in [6.45, 7) is 0. The molecule has 1 unspecified atom stereocenters. The zero-order chi connectivity index (χ0) is 11.9. The van der Waals surface area contributed by atoms with Gasteiger partial charge in [0.15, 0.2) is 0 Å². The maximum Gasteiger partial charge on any atom is 0.0107 e. The first kappa shape index (κ1) is 10.1. The molecule has 1 atom stereocenters. The molecule has 2 aromatic rings. The second-order valence-corrected chi connectivity index (χ2v) is 5.27. The molecule has 0 aliphatic heterocycles. The minimum atomic E-state index is 0.623. The highest BCUT2D eigenvalue weighted by atomic mass is 14.3. The lowest BCUT2D eigenvalue weighted by Crippen LogP contribution is -2.02. The average Bonchev–Trinajstić information content (AvgIpc) is 2.70. The molecule has 0 saturated heterocycles. The van der Waals surface area contributed by atoms with E-state index in [1.807, 2.05) is 0 Å². The smallest absolute Gasteiger partial charge is 0.0107 e. The summed E-state index contributed by atoms with van der Waals surface area (Å²) in [7, 11) is 0. The summed E-state index contributed by atoms with van der Waals surface area (Å²) >= 11 is 0. The second-order valence-electron chi connectivity index (χ2n) is 5.27. The van der Waals surface area contributed by atoms with Gasteiger partial charge in [0, 0.05) is 5.92 Å². The lowest BCUT2D eigenvalue weighted by Gasteiger charge is -2.17. The molecule has 0 saturated carbocycles. The Labute approximate surface area is 108 Å². The van der Waals surface area contributed by atoms with Gasteiger partial charge in [-0.25, -0.2) is 0 Å². The van der Waals surface area contributed by atoms with Gasteiger partial charge in [-0.15, -0.1) is 0 Å². The van der Waals surface area contributed by atoms with Crippen LogP contribution in [0, 0.1) is 0 Å². The van der Waals surface area contributed by atoms with Crippen LogP contribution in [0.15, 0.2) is 54.6 Å². The molecule has 0 radical (unpaired) electrons. The van der Waals surface area contributed by atoms with E-state index in [2.05, 4.69) is 54.6 Å². The lowest BCUT2D eigenvalue weighted by atomic mass is 9.86. The van der Waals surface area contributed by atoms with E-state index >= 15 is 0 Å². The quantitative estimate of drug-likeness (QED) is 0.578. The van der Waals surface area contributed by atoms with Gasteiger partial charge >= 0.3 is 0 Å². The Morgan fingerprint density at radius 2 is 1.72 bits per heavy atom. The molecular weight excluding hydrogens is 216 g/mol. The van der Waals surface area contributed by atoms with Crippen LogP contribution in [0.25, 0.3) is 11.1 Å². The van der Waals surface area contributed by atoms with E-state index in [1.54, 1.807) is 5.56 Å². The van der Waals surface area contributed by atoms with Crippen LogP contribution >= 0.6 is 0 Å². The molecule has 2 aliphatic rings. The van der Waals surface area contributed by atoms with E-state index in [0.29, 0.717) is 5.92 Å². The lowest BCUT2D eigenvalue weighted by molar-refractivity contribution is 0.730. The summed E-state index contributed by atoms with van der Waals surface area (Å²) in [5.74, 6) is 0.623. The van der Waals surface area contributed by atoms with Gasteiger partial charge in [0.2, 0.25) is 0 Å². The highest BCUT2D eigenvalue weighted by molar-refractivity contribution is 5.80. The molecule has 0 N–H and O–H groups in total. The van der Waals surface area contributed by atoms with Crippen molar-refractivity contribution >= 4 is 0 Å². The van der Waals surface area contributed by atoms with Crippen LogP contribution in [-0.4, -0.2) is 0 Å². The van der Waals surface area contributed by atoms with Crippen molar-refractivity contribution in [2.45, 2.75) is 25.2 Å². The highest BCUT2D eigenvalue weighted by Gasteiger charge is 2.29. The monoisotopic (exact) mass is 232 g/mol. The molecule has 88 valence electrons. The van der Waals surface area contributed by atoms with Crippen molar-refractivity contribution in [2.24, 2.45) is 0 Å². The first-order valence-electron chi connectivity index (χ1n) is 6.81. The standard InChI is InChI=1S/C18H16/c1-2-7-13-8-6-12-17-15-10-5-4-9-14(15)16(11-3-1)18(13)17/h1-2,4-6,8-10,12,16H,3,7,11H2. The maximum absolute atomic E-state index is 2.34. The van der Waals surface area contributed by atoms with Crippen LogP contribution < -0.4 is 0 Å². The third kappa shape index (κ3) is 1.32. The molecule has 2 aromatic carbocycles. The van der Waals surface area contributed by atoms with Crippen molar-refractivity contribution in [1.82, 2.24) is 0 Å². The predicted octanol–water partition coefficient (Wildman–Crippen LogP) is 4.69. The van der Waals surface area contributed by atoms with Crippen molar-refractivity contribution in [3.05, 3.63) is 71.3 Å². The summed E-state index contributed by atoms with van der Waals surface area (Å²) in [5, 5.41) is 0. The first-order chi connectivity index (χ1) is 8.95. The van der Waals surface area contributed by atoms with E-state index in [9.17, 15) is 0 Å². The fourth-order valence-electron chi connectivity index (χ4n) is 3.53. The zero-order valence-corrected chi connectivity index (χ0v) is 10.4. The maximum atomic E-state index is 2.34. The molecule has 0 aromatic heterocycles. The average molecular weight is 232 g/mol. The van der Waals surface area contributed by atoms with Gasteiger partial charge in [-0.1, -0.05) is 54.6 Å². The van der Waals surface area contributed by atoms with Crippen molar-refractivity contribution < 1.29 is 0 Å². The molecule has 18 heavy (non-hydrogen) atoms. The first-order valence-corrected chi connectivity index (χ1v) is 6.81.